The zero-order valence-electron chi connectivity index (χ0n) is 16.7. The van der Waals surface area contributed by atoms with Crippen LogP contribution in [0.5, 0.6) is 0 Å². The first-order valence-corrected chi connectivity index (χ1v) is 12.1. The SMILES string of the molecule is Cc1ccc(S(=O)(=O)CC(=O)Nc2nnc(C3CC(=O)N(c4ccccc4)C3)s2)cc1. The quantitative estimate of drug-likeness (QED) is 0.611. The molecule has 0 radical (unpaired) electrons. The van der Waals surface area contributed by atoms with Crippen LogP contribution in [0.25, 0.3) is 0 Å². The molecule has 1 unspecified atom stereocenters. The lowest BCUT2D eigenvalue weighted by Crippen LogP contribution is -2.24. The highest BCUT2D eigenvalue weighted by molar-refractivity contribution is 7.92. The molecule has 1 saturated heterocycles. The Balaban J connectivity index is 1.39. The number of aryl methyl sites for hydroxylation is 1. The Morgan fingerprint density at radius 3 is 2.55 bits per heavy atom. The van der Waals surface area contributed by atoms with E-state index in [0.717, 1.165) is 22.6 Å². The van der Waals surface area contributed by atoms with Gasteiger partial charge in [0, 0.05) is 24.6 Å². The number of para-hydroxylation sites is 1. The van der Waals surface area contributed by atoms with Crippen molar-refractivity contribution in [1.29, 1.82) is 0 Å². The maximum Gasteiger partial charge on any atom is 0.241 e. The second kappa shape index (κ2) is 8.56. The third-order valence-corrected chi connectivity index (χ3v) is 7.56. The highest BCUT2D eigenvalue weighted by Gasteiger charge is 2.34. The molecule has 1 N–H and O–H groups in total. The molecule has 1 fully saturated rings. The molecule has 1 aliphatic rings. The molecule has 0 bridgehead atoms. The number of aromatic nitrogens is 2. The van der Waals surface area contributed by atoms with Gasteiger partial charge in [0.05, 0.1) is 4.90 Å². The fraction of sp³-hybridized carbons (Fsp3) is 0.238. The van der Waals surface area contributed by atoms with Crippen molar-refractivity contribution in [2.24, 2.45) is 0 Å². The van der Waals surface area contributed by atoms with Gasteiger partial charge in [-0.25, -0.2) is 8.42 Å². The van der Waals surface area contributed by atoms with Crippen LogP contribution in [0.2, 0.25) is 0 Å². The molecule has 8 nitrogen and oxygen atoms in total. The van der Waals surface area contributed by atoms with E-state index in [1.54, 1.807) is 17.0 Å². The Bertz CT molecular complexity index is 1210. The number of nitrogens with one attached hydrogen (secondary N) is 1. The third-order valence-electron chi connectivity index (χ3n) is 4.93. The fourth-order valence-corrected chi connectivity index (χ4v) is 5.32. The number of amides is 2. The molecule has 0 spiro atoms. The summed E-state index contributed by atoms with van der Waals surface area (Å²) in [4.78, 5) is 26.5. The Morgan fingerprint density at radius 2 is 1.84 bits per heavy atom. The van der Waals surface area contributed by atoms with E-state index in [9.17, 15) is 18.0 Å². The van der Waals surface area contributed by atoms with Crippen LogP contribution < -0.4 is 10.2 Å². The first-order chi connectivity index (χ1) is 14.8. The van der Waals surface area contributed by atoms with Crippen LogP contribution in [-0.4, -0.2) is 42.7 Å². The van der Waals surface area contributed by atoms with Gasteiger partial charge in [0.25, 0.3) is 0 Å². The highest BCUT2D eigenvalue weighted by Crippen LogP contribution is 2.34. The predicted octanol–water partition coefficient (Wildman–Crippen LogP) is 2.78. The molecule has 2 heterocycles. The molecule has 4 rings (SSSR count). The van der Waals surface area contributed by atoms with Crippen molar-refractivity contribution in [1.82, 2.24) is 10.2 Å². The van der Waals surface area contributed by atoms with Gasteiger partial charge in [-0.3, -0.25) is 14.9 Å². The van der Waals surface area contributed by atoms with E-state index in [2.05, 4.69) is 15.5 Å². The minimum Gasteiger partial charge on any atom is -0.312 e. The van der Waals surface area contributed by atoms with Gasteiger partial charge in [-0.05, 0) is 31.2 Å². The second-order valence-corrected chi connectivity index (χ2v) is 10.3. The molecule has 1 aromatic heterocycles. The topological polar surface area (TPSA) is 109 Å². The number of carbonyl (C=O) groups is 2. The zero-order chi connectivity index (χ0) is 22.0. The third kappa shape index (κ3) is 4.80. The molecule has 2 aromatic carbocycles. The van der Waals surface area contributed by atoms with Gasteiger partial charge in [-0.1, -0.05) is 47.2 Å². The van der Waals surface area contributed by atoms with Gasteiger partial charge in [-0.15, -0.1) is 10.2 Å². The minimum atomic E-state index is -3.76. The van der Waals surface area contributed by atoms with Gasteiger partial charge < -0.3 is 4.90 Å². The number of hydrogen-bond donors (Lipinski definition) is 1. The van der Waals surface area contributed by atoms with E-state index in [-0.39, 0.29) is 21.9 Å². The molecular formula is C21H20N4O4S2. The summed E-state index contributed by atoms with van der Waals surface area (Å²) in [5.41, 5.74) is 1.76. The van der Waals surface area contributed by atoms with Crippen LogP contribution >= 0.6 is 11.3 Å². The van der Waals surface area contributed by atoms with Crippen molar-refractivity contribution in [2.45, 2.75) is 24.2 Å². The molecule has 160 valence electrons. The minimum absolute atomic E-state index is 0.00109. The summed E-state index contributed by atoms with van der Waals surface area (Å²) in [5.74, 6) is -1.50. The second-order valence-electron chi connectivity index (χ2n) is 7.31. The van der Waals surface area contributed by atoms with E-state index >= 15 is 0 Å². The lowest BCUT2D eigenvalue weighted by atomic mass is 10.1. The standard InChI is InChI=1S/C21H20N4O4S2/c1-14-7-9-17(10-8-14)31(28,29)13-18(26)22-21-24-23-20(30-21)15-11-19(27)25(12-15)16-5-3-2-4-6-16/h2-10,15H,11-13H2,1H3,(H,22,24,26). The van der Waals surface area contributed by atoms with Crippen LogP contribution in [0, 0.1) is 6.92 Å². The summed E-state index contributed by atoms with van der Waals surface area (Å²) >= 11 is 1.15. The predicted molar refractivity (Wildman–Crippen MR) is 118 cm³/mol. The van der Waals surface area contributed by atoms with E-state index in [0.29, 0.717) is 18.0 Å². The van der Waals surface area contributed by atoms with Gasteiger partial charge >= 0.3 is 0 Å². The number of benzene rings is 2. The summed E-state index contributed by atoms with van der Waals surface area (Å²) in [6.07, 6.45) is 0.305. The summed E-state index contributed by atoms with van der Waals surface area (Å²) in [6.45, 7) is 2.33. The summed E-state index contributed by atoms with van der Waals surface area (Å²) < 4.78 is 24.9. The highest BCUT2D eigenvalue weighted by atomic mass is 32.2. The van der Waals surface area contributed by atoms with E-state index < -0.39 is 21.5 Å². The first-order valence-electron chi connectivity index (χ1n) is 9.60. The molecule has 0 aliphatic carbocycles. The molecular weight excluding hydrogens is 436 g/mol. The van der Waals surface area contributed by atoms with Crippen LogP contribution in [0.1, 0.15) is 22.9 Å². The number of carbonyl (C=O) groups excluding carboxylic acids is 2. The summed E-state index contributed by atoms with van der Waals surface area (Å²) in [5, 5.41) is 11.4. The summed E-state index contributed by atoms with van der Waals surface area (Å²) in [7, 11) is -3.76. The van der Waals surface area contributed by atoms with Crippen molar-refractivity contribution in [2.75, 3.05) is 22.5 Å². The normalized spacial score (nSPS) is 16.5. The Labute approximate surface area is 183 Å². The summed E-state index contributed by atoms with van der Waals surface area (Å²) in [6, 6.07) is 15.7. The molecule has 10 heteroatoms. The Hall–Kier alpha value is -3.11. The van der Waals surface area contributed by atoms with Gasteiger partial charge in [-0.2, -0.15) is 0 Å². The monoisotopic (exact) mass is 456 g/mol. The molecule has 31 heavy (non-hydrogen) atoms. The lowest BCUT2D eigenvalue weighted by molar-refractivity contribution is -0.117. The number of hydrogen-bond acceptors (Lipinski definition) is 7. The fourth-order valence-electron chi connectivity index (χ4n) is 3.34. The molecule has 0 saturated carbocycles. The Morgan fingerprint density at radius 1 is 1.13 bits per heavy atom. The van der Waals surface area contributed by atoms with Gasteiger partial charge in [0.2, 0.25) is 16.9 Å². The van der Waals surface area contributed by atoms with Crippen LogP contribution in [0.15, 0.2) is 59.5 Å². The molecule has 1 atom stereocenters. The number of rotatable bonds is 6. The first kappa shape index (κ1) is 21.1. The van der Waals surface area contributed by atoms with Gasteiger partial charge in [0.15, 0.2) is 9.84 Å². The number of sulfone groups is 1. The maximum absolute atomic E-state index is 12.4. The number of anilines is 2. The van der Waals surface area contributed by atoms with Crippen molar-refractivity contribution < 1.29 is 18.0 Å². The van der Waals surface area contributed by atoms with Crippen molar-refractivity contribution in [3.8, 4) is 0 Å². The van der Waals surface area contributed by atoms with Gasteiger partial charge in [0.1, 0.15) is 10.8 Å². The average Bonchev–Trinajstić information content (AvgIpc) is 3.35. The smallest absolute Gasteiger partial charge is 0.241 e. The van der Waals surface area contributed by atoms with Crippen LogP contribution in [-0.2, 0) is 19.4 Å². The van der Waals surface area contributed by atoms with Crippen LogP contribution in [0.3, 0.4) is 0 Å². The van der Waals surface area contributed by atoms with Crippen molar-refractivity contribution in [3.05, 3.63) is 65.2 Å². The molecule has 3 aromatic rings. The lowest BCUT2D eigenvalue weighted by Gasteiger charge is -2.15. The molecule has 1 aliphatic heterocycles. The average molecular weight is 457 g/mol. The Kier molecular flexibility index (Phi) is 5.84. The zero-order valence-corrected chi connectivity index (χ0v) is 18.3. The number of nitrogens with zero attached hydrogens (tertiary/aromatic N) is 3. The van der Waals surface area contributed by atoms with E-state index in [1.807, 2.05) is 37.3 Å². The maximum atomic E-state index is 12.4. The largest absolute Gasteiger partial charge is 0.312 e. The van der Waals surface area contributed by atoms with Crippen molar-refractivity contribution >= 4 is 43.8 Å². The van der Waals surface area contributed by atoms with E-state index in [1.165, 1.54) is 12.1 Å². The van der Waals surface area contributed by atoms with E-state index in [4.69, 9.17) is 0 Å². The molecule has 2 amide bonds. The van der Waals surface area contributed by atoms with Crippen molar-refractivity contribution in [3.63, 3.8) is 0 Å². The van der Waals surface area contributed by atoms with Crippen LogP contribution in [0.4, 0.5) is 10.8 Å².